The van der Waals surface area contributed by atoms with Gasteiger partial charge in [0, 0.05) is 55.4 Å². The summed E-state index contributed by atoms with van der Waals surface area (Å²) in [4.78, 5) is 13.3. The fourth-order valence-corrected chi connectivity index (χ4v) is 9.26. The maximum absolute atomic E-state index is 5.50. The largest absolute Gasteiger partial charge is 0.311 e. The molecule has 0 N–H and O–H groups in total. The van der Waals surface area contributed by atoms with Crippen molar-refractivity contribution in [1.82, 2.24) is 14.5 Å². The summed E-state index contributed by atoms with van der Waals surface area (Å²) in [5.41, 5.74) is 14.7. The molecule has 0 aliphatic heterocycles. The molecule has 290 valence electrons. The van der Waals surface area contributed by atoms with E-state index in [1.807, 2.05) is 6.07 Å². The highest BCUT2D eigenvalue weighted by molar-refractivity contribution is 6.23. The van der Waals surface area contributed by atoms with Gasteiger partial charge in [0.15, 0.2) is 0 Å². The van der Waals surface area contributed by atoms with Crippen LogP contribution in [0.1, 0.15) is 0 Å². The zero-order valence-electron chi connectivity index (χ0n) is 33.7. The quantitative estimate of drug-likeness (QED) is 0.151. The second-order valence-electron chi connectivity index (χ2n) is 15.8. The third-order valence-corrected chi connectivity index (χ3v) is 12.2. The van der Waals surface area contributed by atoms with E-state index in [9.17, 15) is 0 Å². The first-order chi connectivity index (χ1) is 30.8. The Labute approximate surface area is 359 Å². The standard InChI is InChI=1S/C58H38N4/c1-4-16-40(17-5-1)55-56(60-58-51-26-13-11-23-48(51)47-22-10-12-25-50(47)57(58)59-55)41-30-35-46(36-31-41)61(43-18-6-2-7-19-43)45-33-28-39(29-34-45)42-32-37-54-52(38-42)49-24-14-15-27-53(49)62(54)44-20-8-3-9-21-44/h1-38H. The van der Waals surface area contributed by atoms with E-state index in [2.05, 4.69) is 234 Å². The third-order valence-electron chi connectivity index (χ3n) is 12.2. The number of nitrogens with zero attached hydrogens (tertiary/aromatic N) is 4. The van der Waals surface area contributed by atoms with Crippen molar-refractivity contribution in [2.45, 2.75) is 0 Å². The molecular formula is C58H38N4. The predicted octanol–water partition coefficient (Wildman–Crippen LogP) is 15.5. The first-order valence-corrected chi connectivity index (χ1v) is 21.1. The summed E-state index contributed by atoms with van der Waals surface area (Å²) in [7, 11) is 0. The molecular weight excluding hydrogens is 753 g/mol. The lowest BCUT2D eigenvalue weighted by Crippen LogP contribution is -2.09. The maximum atomic E-state index is 5.50. The van der Waals surface area contributed by atoms with Gasteiger partial charge in [0.05, 0.1) is 33.5 Å². The number of aromatic nitrogens is 3. The fraction of sp³-hybridized carbons (Fsp3) is 0. The van der Waals surface area contributed by atoms with E-state index in [-0.39, 0.29) is 0 Å². The molecule has 0 aliphatic rings. The molecule has 62 heavy (non-hydrogen) atoms. The van der Waals surface area contributed by atoms with Gasteiger partial charge in [-0.3, -0.25) is 0 Å². The van der Waals surface area contributed by atoms with Crippen molar-refractivity contribution in [2.75, 3.05) is 4.90 Å². The summed E-state index contributed by atoms with van der Waals surface area (Å²) in [6, 6.07) is 81.9. The average Bonchev–Trinajstić information content (AvgIpc) is 3.69. The highest BCUT2D eigenvalue weighted by Crippen LogP contribution is 2.41. The molecule has 2 aromatic heterocycles. The number of benzene rings is 10. The van der Waals surface area contributed by atoms with Gasteiger partial charge in [0.25, 0.3) is 0 Å². The Hall–Kier alpha value is -8.34. The Kier molecular flexibility index (Phi) is 8.46. The third kappa shape index (κ3) is 5.92. The molecule has 4 nitrogen and oxygen atoms in total. The lowest BCUT2D eigenvalue weighted by Gasteiger charge is -2.26. The Balaban J connectivity index is 0.950. The molecule has 2 heterocycles. The van der Waals surface area contributed by atoms with Crippen LogP contribution in [-0.4, -0.2) is 14.5 Å². The molecule has 0 radical (unpaired) electrons. The van der Waals surface area contributed by atoms with Crippen LogP contribution >= 0.6 is 0 Å². The van der Waals surface area contributed by atoms with Crippen molar-refractivity contribution in [2.24, 2.45) is 0 Å². The van der Waals surface area contributed by atoms with Gasteiger partial charge in [0.1, 0.15) is 0 Å². The minimum absolute atomic E-state index is 0.857. The predicted molar refractivity (Wildman–Crippen MR) is 260 cm³/mol. The summed E-state index contributed by atoms with van der Waals surface area (Å²) in [6.45, 7) is 0. The molecule has 0 unspecified atom stereocenters. The summed E-state index contributed by atoms with van der Waals surface area (Å²) in [5.74, 6) is 0. The maximum Gasteiger partial charge on any atom is 0.0979 e. The van der Waals surface area contributed by atoms with Crippen molar-refractivity contribution in [3.8, 4) is 39.3 Å². The van der Waals surface area contributed by atoms with Gasteiger partial charge in [-0.15, -0.1) is 0 Å². The van der Waals surface area contributed by atoms with E-state index in [1.165, 1.54) is 43.7 Å². The lowest BCUT2D eigenvalue weighted by molar-refractivity contribution is 1.18. The second kappa shape index (κ2) is 14.7. The Morgan fingerprint density at radius 1 is 0.290 bits per heavy atom. The molecule has 0 atom stereocenters. The Bertz CT molecular complexity index is 3600. The molecule has 0 amide bonds. The van der Waals surface area contributed by atoms with Crippen LogP contribution in [0, 0.1) is 0 Å². The zero-order valence-corrected chi connectivity index (χ0v) is 33.7. The minimum atomic E-state index is 0.857. The first-order valence-electron chi connectivity index (χ1n) is 21.1. The Morgan fingerprint density at radius 2 is 0.710 bits per heavy atom. The van der Waals surface area contributed by atoms with Gasteiger partial charge in [-0.05, 0) is 88.6 Å². The van der Waals surface area contributed by atoms with Crippen LogP contribution in [0.4, 0.5) is 17.1 Å². The van der Waals surface area contributed by atoms with Gasteiger partial charge >= 0.3 is 0 Å². The molecule has 0 fully saturated rings. The van der Waals surface area contributed by atoms with Crippen LogP contribution in [0.25, 0.3) is 93.7 Å². The number of hydrogen-bond acceptors (Lipinski definition) is 3. The van der Waals surface area contributed by atoms with E-state index >= 15 is 0 Å². The molecule has 0 aliphatic carbocycles. The van der Waals surface area contributed by atoms with Crippen LogP contribution < -0.4 is 4.90 Å². The first kappa shape index (κ1) is 35.6. The fourth-order valence-electron chi connectivity index (χ4n) is 9.26. The van der Waals surface area contributed by atoms with E-state index < -0.39 is 0 Å². The summed E-state index contributed by atoms with van der Waals surface area (Å²) in [5, 5.41) is 7.06. The zero-order chi connectivity index (χ0) is 41.0. The number of para-hydroxylation sites is 3. The number of hydrogen-bond donors (Lipinski definition) is 0. The Morgan fingerprint density at radius 3 is 1.31 bits per heavy atom. The highest BCUT2D eigenvalue weighted by Gasteiger charge is 2.20. The minimum Gasteiger partial charge on any atom is -0.311 e. The van der Waals surface area contributed by atoms with Gasteiger partial charge < -0.3 is 9.47 Å². The van der Waals surface area contributed by atoms with Gasteiger partial charge in [-0.25, -0.2) is 9.97 Å². The van der Waals surface area contributed by atoms with Crippen LogP contribution in [-0.2, 0) is 0 Å². The van der Waals surface area contributed by atoms with Crippen LogP contribution in [0.3, 0.4) is 0 Å². The summed E-state index contributed by atoms with van der Waals surface area (Å²) < 4.78 is 2.36. The van der Waals surface area contributed by atoms with Crippen LogP contribution in [0.5, 0.6) is 0 Å². The number of fused-ring (bicyclic) bond motifs is 9. The van der Waals surface area contributed by atoms with Crippen molar-refractivity contribution < 1.29 is 0 Å². The number of rotatable bonds is 7. The van der Waals surface area contributed by atoms with Crippen molar-refractivity contribution in [3.05, 3.63) is 231 Å². The van der Waals surface area contributed by atoms with Gasteiger partial charge in [-0.1, -0.05) is 164 Å². The van der Waals surface area contributed by atoms with Crippen molar-refractivity contribution >= 4 is 71.4 Å². The molecule has 0 saturated carbocycles. The highest BCUT2D eigenvalue weighted by atomic mass is 15.1. The molecule has 4 heteroatoms. The summed E-state index contributed by atoms with van der Waals surface area (Å²) in [6.07, 6.45) is 0. The SMILES string of the molecule is c1ccc(-c2nc3c4ccccc4c4ccccc4c3nc2-c2ccc(N(c3ccccc3)c3ccc(-c4ccc5c(c4)c4ccccc4n5-c4ccccc4)cc3)cc2)cc1. The molecule has 12 aromatic rings. The normalized spacial score (nSPS) is 11.5. The van der Waals surface area contributed by atoms with Gasteiger partial charge in [-0.2, -0.15) is 0 Å². The lowest BCUT2D eigenvalue weighted by atomic mass is 9.97. The summed E-state index contributed by atoms with van der Waals surface area (Å²) >= 11 is 0. The van der Waals surface area contributed by atoms with E-state index in [4.69, 9.17) is 9.97 Å². The molecule has 0 bridgehead atoms. The van der Waals surface area contributed by atoms with E-state index in [0.29, 0.717) is 0 Å². The smallest absolute Gasteiger partial charge is 0.0979 e. The van der Waals surface area contributed by atoms with Gasteiger partial charge in [0.2, 0.25) is 0 Å². The number of anilines is 3. The van der Waals surface area contributed by atoms with Crippen LogP contribution in [0.2, 0.25) is 0 Å². The van der Waals surface area contributed by atoms with Crippen molar-refractivity contribution in [3.63, 3.8) is 0 Å². The van der Waals surface area contributed by atoms with E-state index in [0.717, 1.165) is 67.1 Å². The molecule has 0 spiro atoms. The van der Waals surface area contributed by atoms with Crippen molar-refractivity contribution in [1.29, 1.82) is 0 Å². The topological polar surface area (TPSA) is 34.0 Å². The average molecular weight is 791 g/mol. The van der Waals surface area contributed by atoms with E-state index in [1.54, 1.807) is 0 Å². The molecule has 10 aromatic carbocycles. The second-order valence-corrected chi connectivity index (χ2v) is 15.8. The molecule has 12 rings (SSSR count). The van der Waals surface area contributed by atoms with Crippen LogP contribution in [0.15, 0.2) is 231 Å². The monoisotopic (exact) mass is 790 g/mol. The molecule has 0 saturated heterocycles.